The Balaban J connectivity index is 2.39. The summed E-state index contributed by atoms with van der Waals surface area (Å²) >= 11 is 9.26. The zero-order chi connectivity index (χ0) is 15.6. The summed E-state index contributed by atoms with van der Waals surface area (Å²) in [5.41, 5.74) is 1.99. The Morgan fingerprint density at radius 1 is 1.29 bits per heavy atom. The third kappa shape index (κ3) is 3.97. The van der Waals surface area contributed by atoms with Gasteiger partial charge in [-0.25, -0.2) is 13.6 Å². The van der Waals surface area contributed by atoms with Crippen LogP contribution in [0.25, 0.3) is 0 Å². The van der Waals surface area contributed by atoms with Gasteiger partial charge in [0.25, 0.3) is 0 Å². The van der Waals surface area contributed by atoms with Gasteiger partial charge in [-0.15, -0.1) is 0 Å². The van der Waals surface area contributed by atoms with E-state index in [2.05, 4.69) is 15.9 Å². The van der Waals surface area contributed by atoms with Gasteiger partial charge < -0.3 is 4.74 Å². The van der Waals surface area contributed by atoms with Gasteiger partial charge in [-0.2, -0.15) is 0 Å². The summed E-state index contributed by atoms with van der Waals surface area (Å²) in [6, 6.07) is 10.6. The highest BCUT2D eigenvalue weighted by Crippen LogP contribution is 2.35. The summed E-state index contributed by atoms with van der Waals surface area (Å²) in [5, 5.41) is 5.39. The van der Waals surface area contributed by atoms with Crippen molar-refractivity contribution in [3.63, 3.8) is 0 Å². The summed E-state index contributed by atoms with van der Waals surface area (Å²) in [6.07, 6.45) is 0. The molecule has 21 heavy (non-hydrogen) atoms. The summed E-state index contributed by atoms with van der Waals surface area (Å²) in [5.74, 6) is 0.0608. The lowest BCUT2D eigenvalue weighted by molar-refractivity contribution is 0.297. The first-order valence-electron chi connectivity index (χ1n) is 5.98. The van der Waals surface area contributed by atoms with Crippen LogP contribution in [0.1, 0.15) is 11.1 Å². The van der Waals surface area contributed by atoms with Gasteiger partial charge in [0.15, 0.2) is 5.75 Å². The average molecular weight is 391 g/mol. The maximum atomic E-state index is 11.7. The van der Waals surface area contributed by atoms with Crippen LogP contribution in [0.15, 0.2) is 45.8 Å². The lowest BCUT2D eigenvalue weighted by atomic mass is 10.1. The van der Waals surface area contributed by atoms with Crippen molar-refractivity contribution in [1.82, 2.24) is 0 Å². The first-order valence-corrected chi connectivity index (χ1v) is 8.70. The maximum absolute atomic E-state index is 11.7. The van der Waals surface area contributed by atoms with E-state index < -0.39 is 10.0 Å². The van der Waals surface area contributed by atoms with Crippen LogP contribution in [0.4, 0.5) is 0 Å². The van der Waals surface area contributed by atoms with Gasteiger partial charge in [-0.3, -0.25) is 0 Å². The smallest absolute Gasteiger partial charge is 0.241 e. The first-order chi connectivity index (χ1) is 9.79. The second-order valence-corrected chi connectivity index (χ2v) is 7.33. The van der Waals surface area contributed by atoms with E-state index >= 15 is 0 Å². The molecule has 0 aromatic heterocycles. The molecule has 2 N–H and O–H groups in total. The molecule has 0 heterocycles. The van der Waals surface area contributed by atoms with Crippen LogP contribution in [0, 0.1) is 6.92 Å². The van der Waals surface area contributed by atoms with Gasteiger partial charge in [-0.05, 0) is 30.2 Å². The number of primary sulfonamides is 1. The quantitative estimate of drug-likeness (QED) is 0.866. The topological polar surface area (TPSA) is 69.4 Å². The number of sulfonamides is 1. The Morgan fingerprint density at radius 3 is 2.57 bits per heavy atom. The highest BCUT2D eigenvalue weighted by atomic mass is 79.9. The molecule has 0 amide bonds. The number of benzene rings is 2. The molecule has 4 nitrogen and oxygen atoms in total. The number of hydrogen-bond donors (Lipinski definition) is 1. The molecule has 0 spiro atoms. The number of aryl methyl sites for hydroxylation is 1. The molecule has 0 aliphatic heterocycles. The van der Waals surface area contributed by atoms with E-state index in [0.717, 1.165) is 11.1 Å². The second kappa shape index (κ2) is 6.36. The minimum absolute atomic E-state index is 0.0608. The van der Waals surface area contributed by atoms with Gasteiger partial charge in [-0.1, -0.05) is 51.8 Å². The average Bonchev–Trinajstić information content (AvgIpc) is 2.37. The van der Waals surface area contributed by atoms with Crippen molar-refractivity contribution in [3.05, 3.63) is 57.0 Å². The Labute approximate surface area is 137 Å². The molecule has 0 radical (unpaired) electrons. The van der Waals surface area contributed by atoms with Crippen molar-refractivity contribution in [1.29, 1.82) is 0 Å². The van der Waals surface area contributed by atoms with E-state index in [-0.39, 0.29) is 22.3 Å². The minimum atomic E-state index is -3.93. The van der Waals surface area contributed by atoms with Crippen LogP contribution in [-0.2, 0) is 16.6 Å². The molecule has 2 aromatic rings. The predicted molar refractivity (Wildman–Crippen MR) is 86.0 cm³/mol. The van der Waals surface area contributed by atoms with E-state index in [1.165, 1.54) is 6.07 Å². The van der Waals surface area contributed by atoms with E-state index in [0.29, 0.717) is 4.47 Å². The standard InChI is InChI=1S/C14H13BrClNO3S/c1-9-4-2-3-5-10(9)8-20-14-12(16)6-11(15)7-13(14)21(17,18)19/h2-7H,8H2,1H3,(H2,17,18,19). The summed E-state index contributed by atoms with van der Waals surface area (Å²) in [6.45, 7) is 2.15. The van der Waals surface area contributed by atoms with Crippen LogP contribution in [0.3, 0.4) is 0 Å². The van der Waals surface area contributed by atoms with Crippen molar-refractivity contribution in [2.75, 3.05) is 0 Å². The van der Waals surface area contributed by atoms with E-state index in [1.807, 2.05) is 31.2 Å². The fourth-order valence-electron chi connectivity index (χ4n) is 1.81. The van der Waals surface area contributed by atoms with Crippen molar-refractivity contribution in [2.45, 2.75) is 18.4 Å². The maximum Gasteiger partial charge on any atom is 0.241 e. The molecule has 112 valence electrons. The highest BCUT2D eigenvalue weighted by molar-refractivity contribution is 9.10. The molecule has 2 rings (SSSR count). The second-order valence-electron chi connectivity index (χ2n) is 4.48. The summed E-state index contributed by atoms with van der Waals surface area (Å²) < 4.78 is 29.4. The number of halogens is 2. The van der Waals surface area contributed by atoms with Gasteiger partial charge >= 0.3 is 0 Å². The molecule has 0 fully saturated rings. The third-order valence-electron chi connectivity index (χ3n) is 2.91. The monoisotopic (exact) mass is 389 g/mol. The van der Waals surface area contributed by atoms with Gasteiger partial charge in [0.1, 0.15) is 11.5 Å². The number of ether oxygens (including phenoxy) is 1. The molecule has 0 saturated carbocycles. The third-order valence-corrected chi connectivity index (χ3v) is 4.57. The molecule has 0 saturated heterocycles. The van der Waals surface area contributed by atoms with Gasteiger partial charge in [0.2, 0.25) is 10.0 Å². The molecule has 0 aliphatic carbocycles. The Kier molecular flexibility index (Phi) is 4.93. The Morgan fingerprint density at radius 2 is 1.95 bits per heavy atom. The van der Waals surface area contributed by atoms with Crippen LogP contribution < -0.4 is 9.88 Å². The van der Waals surface area contributed by atoms with Crippen molar-refractivity contribution in [3.8, 4) is 5.75 Å². The van der Waals surface area contributed by atoms with Crippen molar-refractivity contribution in [2.24, 2.45) is 5.14 Å². The molecule has 0 bridgehead atoms. The van der Waals surface area contributed by atoms with E-state index in [4.69, 9.17) is 21.5 Å². The van der Waals surface area contributed by atoms with Gasteiger partial charge in [0.05, 0.1) is 5.02 Å². The Hall–Kier alpha value is -1.08. The van der Waals surface area contributed by atoms with Gasteiger partial charge in [0, 0.05) is 4.47 Å². The molecule has 0 unspecified atom stereocenters. The van der Waals surface area contributed by atoms with Crippen molar-refractivity contribution < 1.29 is 13.2 Å². The largest absolute Gasteiger partial charge is 0.486 e. The fourth-order valence-corrected chi connectivity index (χ4v) is 3.60. The fraction of sp³-hybridized carbons (Fsp3) is 0.143. The Bertz CT molecular complexity index is 778. The molecular weight excluding hydrogens is 378 g/mol. The number of rotatable bonds is 4. The van der Waals surface area contributed by atoms with Crippen LogP contribution >= 0.6 is 27.5 Å². The molecule has 0 atom stereocenters. The van der Waals surface area contributed by atoms with E-state index in [1.54, 1.807) is 6.07 Å². The molecule has 2 aromatic carbocycles. The molecule has 0 aliphatic rings. The molecular formula is C14H13BrClNO3S. The lowest BCUT2D eigenvalue weighted by Gasteiger charge is -2.13. The zero-order valence-corrected chi connectivity index (χ0v) is 14.3. The number of nitrogens with two attached hydrogens (primary N) is 1. The SMILES string of the molecule is Cc1ccccc1COc1c(Cl)cc(Br)cc1S(N)(=O)=O. The lowest BCUT2D eigenvalue weighted by Crippen LogP contribution is -2.14. The highest BCUT2D eigenvalue weighted by Gasteiger charge is 2.19. The number of hydrogen-bond acceptors (Lipinski definition) is 3. The predicted octanol–water partition coefficient (Wildman–Crippen LogP) is 3.64. The van der Waals surface area contributed by atoms with Crippen LogP contribution in [0.2, 0.25) is 5.02 Å². The summed E-state index contributed by atoms with van der Waals surface area (Å²) in [4.78, 5) is -0.143. The molecule has 7 heteroatoms. The zero-order valence-electron chi connectivity index (χ0n) is 11.1. The minimum Gasteiger partial charge on any atom is -0.486 e. The van der Waals surface area contributed by atoms with Crippen LogP contribution in [-0.4, -0.2) is 8.42 Å². The van der Waals surface area contributed by atoms with Crippen molar-refractivity contribution >= 4 is 37.6 Å². The van der Waals surface area contributed by atoms with E-state index in [9.17, 15) is 8.42 Å². The first kappa shape index (κ1) is 16.3. The normalized spacial score (nSPS) is 11.4. The summed E-state index contributed by atoms with van der Waals surface area (Å²) in [7, 11) is -3.93. The van der Waals surface area contributed by atoms with Crippen LogP contribution in [0.5, 0.6) is 5.75 Å².